The second-order valence-electron chi connectivity index (χ2n) is 5.16. The lowest BCUT2D eigenvalue weighted by Gasteiger charge is -2.29. The molecule has 0 radical (unpaired) electrons. The van der Waals surface area contributed by atoms with Crippen molar-refractivity contribution in [1.82, 2.24) is 4.90 Å². The molecular weight excluding hydrogens is 287 g/mol. The summed E-state index contributed by atoms with van der Waals surface area (Å²) in [5, 5.41) is 8.90. The second-order valence-corrected chi connectivity index (χ2v) is 7.39. The molecule has 110 valence electrons. The largest absolute Gasteiger partial charge is 0.481 e. The first-order valence-corrected chi connectivity index (χ1v) is 7.64. The summed E-state index contributed by atoms with van der Waals surface area (Å²) in [7, 11) is -3.20. The van der Waals surface area contributed by atoms with Gasteiger partial charge in [-0.15, -0.1) is 0 Å². The fourth-order valence-electron chi connectivity index (χ4n) is 2.74. The predicted octanol–water partition coefficient (Wildman–Crippen LogP) is 0.513. The number of rotatable bonds is 2. The third-order valence-electron chi connectivity index (χ3n) is 3.98. The molecule has 2 aliphatic rings. The lowest BCUT2D eigenvalue weighted by Crippen LogP contribution is -2.48. The Morgan fingerprint density at radius 2 is 2.00 bits per heavy atom. The molecule has 0 amide bonds. The molecule has 2 aliphatic heterocycles. The molecule has 5 nitrogen and oxygen atoms in total. The summed E-state index contributed by atoms with van der Waals surface area (Å²) in [6, 6.07) is -0.492. The number of carboxylic acids is 1. The number of halogens is 3. The number of sulfone groups is 1. The van der Waals surface area contributed by atoms with Crippen LogP contribution < -0.4 is 0 Å². The van der Waals surface area contributed by atoms with Crippen LogP contribution in [-0.2, 0) is 14.6 Å². The van der Waals surface area contributed by atoms with E-state index in [1.165, 1.54) is 4.90 Å². The molecule has 2 fully saturated rings. The van der Waals surface area contributed by atoms with E-state index in [1.54, 1.807) is 0 Å². The molecule has 0 aromatic heterocycles. The molecule has 19 heavy (non-hydrogen) atoms. The van der Waals surface area contributed by atoms with Crippen LogP contribution in [0, 0.1) is 5.41 Å². The van der Waals surface area contributed by atoms with Crippen molar-refractivity contribution in [3.05, 3.63) is 0 Å². The molecule has 0 aromatic rings. The molecule has 0 aromatic carbocycles. The van der Waals surface area contributed by atoms with E-state index >= 15 is 0 Å². The Morgan fingerprint density at radius 1 is 1.37 bits per heavy atom. The summed E-state index contributed by atoms with van der Waals surface area (Å²) >= 11 is 0. The van der Waals surface area contributed by atoms with E-state index in [4.69, 9.17) is 5.11 Å². The number of nitrogens with zero attached hydrogens (tertiary/aromatic N) is 1. The van der Waals surface area contributed by atoms with Crippen LogP contribution in [0.1, 0.15) is 12.8 Å². The molecule has 2 heterocycles. The molecule has 1 N–H and O–H groups in total. The number of aliphatic carboxylic acids is 1. The summed E-state index contributed by atoms with van der Waals surface area (Å²) in [5.74, 6) is -2.11. The van der Waals surface area contributed by atoms with Crippen molar-refractivity contribution in [3.63, 3.8) is 0 Å². The minimum absolute atomic E-state index is 0.0357. The maximum atomic E-state index is 13.0. The third-order valence-corrected chi connectivity index (χ3v) is 5.73. The number of alkyl halides is 3. The fourth-order valence-corrected chi connectivity index (χ4v) is 4.50. The fraction of sp³-hybridized carbons (Fsp3) is 0.900. The Kier molecular flexibility index (Phi) is 3.33. The van der Waals surface area contributed by atoms with E-state index in [-0.39, 0.29) is 24.5 Å². The van der Waals surface area contributed by atoms with Crippen molar-refractivity contribution in [2.75, 3.05) is 24.6 Å². The minimum atomic E-state index is -4.83. The highest BCUT2D eigenvalue weighted by Gasteiger charge is 2.64. The Balaban J connectivity index is 2.17. The normalized spacial score (nSPS) is 35.6. The molecule has 2 rings (SSSR count). The van der Waals surface area contributed by atoms with E-state index < -0.39 is 46.4 Å². The minimum Gasteiger partial charge on any atom is -0.481 e. The predicted molar refractivity (Wildman–Crippen MR) is 59.4 cm³/mol. The summed E-state index contributed by atoms with van der Waals surface area (Å²) in [6.45, 7) is -0.696. The molecule has 2 atom stereocenters. The SMILES string of the molecule is O=C(O)C1(C(F)(F)F)CCN(C2CCS(=O)(=O)C2)C1. The van der Waals surface area contributed by atoms with Gasteiger partial charge in [-0.05, 0) is 19.4 Å². The van der Waals surface area contributed by atoms with Crippen molar-refractivity contribution in [2.45, 2.75) is 25.1 Å². The Hall–Kier alpha value is -0.830. The van der Waals surface area contributed by atoms with Crippen LogP contribution in [0.25, 0.3) is 0 Å². The highest BCUT2D eigenvalue weighted by Crippen LogP contribution is 2.46. The van der Waals surface area contributed by atoms with E-state index in [0.717, 1.165) is 0 Å². The highest BCUT2D eigenvalue weighted by atomic mass is 32.2. The molecule has 9 heteroatoms. The van der Waals surface area contributed by atoms with Gasteiger partial charge in [0.25, 0.3) is 0 Å². The van der Waals surface area contributed by atoms with E-state index in [1.807, 2.05) is 0 Å². The van der Waals surface area contributed by atoms with Gasteiger partial charge in [-0.25, -0.2) is 8.42 Å². The van der Waals surface area contributed by atoms with Crippen LogP contribution in [0.3, 0.4) is 0 Å². The van der Waals surface area contributed by atoms with Crippen molar-refractivity contribution in [1.29, 1.82) is 0 Å². The number of hydrogen-bond donors (Lipinski definition) is 1. The Morgan fingerprint density at radius 3 is 2.37 bits per heavy atom. The summed E-state index contributed by atoms with van der Waals surface area (Å²) in [5.41, 5.74) is -2.76. The van der Waals surface area contributed by atoms with Gasteiger partial charge in [0.15, 0.2) is 15.3 Å². The topological polar surface area (TPSA) is 74.7 Å². The van der Waals surface area contributed by atoms with Crippen LogP contribution in [0.2, 0.25) is 0 Å². The summed E-state index contributed by atoms with van der Waals surface area (Å²) in [4.78, 5) is 12.3. The van der Waals surface area contributed by atoms with Crippen molar-refractivity contribution in [2.24, 2.45) is 5.41 Å². The zero-order valence-corrected chi connectivity index (χ0v) is 10.8. The van der Waals surface area contributed by atoms with Gasteiger partial charge in [0.1, 0.15) is 0 Å². The average Bonchev–Trinajstić information content (AvgIpc) is 2.80. The first-order chi connectivity index (χ1) is 8.57. The maximum Gasteiger partial charge on any atom is 0.406 e. The summed E-state index contributed by atoms with van der Waals surface area (Å²) in [6.07, 6.45) is -5.08. The van der Waals surface area contributed by atoms with Crippen LogP contribution in [0.5, 0.6) is 0 Å². The molecule has 0 spiro atoms. The second kappa shape index (κ2) is 4.34. The van der Waals surface area contributed by atoms with Gasteiger partial charge in [0.05, 0.1) is 11.5 Å². The molecule has 0 saturated carbocycles. The zero-order chi connectivity index (χ0) is 14.5. The number of carbonyl (C=O) groups is 1. The van der Waals surface area contributed by atoms with Crippen LogP contribution in [0.4, 0.5) is 13.2 Å². The molecule has 0 bridgehead atoms. The van der Waals surface area contributed by atoms with Crippen molar-refractivity contribution in [3.8, 4) is 0 Å². The van der Waals surface area contributed by atoms with Gasteiger partial charge in [-0.2, -0.15) is 13.2 Å². The van der Waals surface area contributed by atoms with Gasteiger partial charge in [-0.1, -0.05) is 0 Å². The lowest BCUT2D eigenvalue weighted by atomic mass is 9.86. The van der Waals surface area contributed by atoms with Crippen LogP contribution >= 0.6 is 0 Å². The third kappa shape index (κ3) is 2.45. The standard InChI is InChI=1S/C10H14F3NO4S/c11-10(12,13)9(8(15)16)2-3-14(6-9)7-1-4-19(17,18)5-7/h7H,1-6H2,(H,15,16). The Labute approximate surface area is 108 Å². The van der Waals surface area contributed by atoms with Crippen molar-refractivity contribution >= 4 is 15.8 Å². The maximum absolute atomic E-state index is 13.0. The van der Waals surface area contributed by atoms with Gasteiger partial charge >= 0.3 is 12.1 Å². The molecule has 2 saturated heterocycles. The quantitative estimate of drug-likeness (QED) is 0.804. The van der Waals surface area contributed by atoms with Gasteiger partial charge < -0.3 is 5.11 Å². The van der Waals surface area contributed by atoms with E-state index in [9.17, 15) is 26.4 Å². The lowest BCUT2D eigenvalue weighted by molar-refractivity contribution is -0.227. The van der Waals surface area contributed by atoms with E-state index in [2.05, 4.69) is 0 Å². The smallest absolute Gasteiger partial charge is 0.406 e. The van der Waals surface area contributed by atoms with Gasteiger partial charge in [-0.3, -0.25) is 9.69 Å². The Bertz CT molecular complexity index is 489. The highest BCUT2D eigenvalue weighted by molar-refractivity contribution is 7.91. The van der Waals surface area contributed by atoms with Gasteiger partial charge in [0, 0.05) is 12.6 Å². The van der Waals surface area contributed by atoms with Crippen LogP contribution in [-0.4, -0.2) is 61.2 Å². The van der Waals surface area contributed by atoms with Crippen LogP contribution in [0.15, 0.2) is 0 Å². The first kappa shape index (κ1) is 14.6. The number of likely N-dealkylation sites (tertiary alicyclic amines) is 1. The van der Waals surface area contributed by atoms with Crippen molar-refractivity contribution < 1.29 is 31.5 Å². The van der Waals surface area contributed by atoms with Gasteiger partial charge in [0.2, 0.25) is 0 Å². The summed E-state index contributed by atoms with van der Waals surface area (Å²) < 4.78 is 61.5. The average molecular weight is 301 g/mol. The number of hydrogen-bond acceptors (Lipinski definition) is 4. The first-order valence-electron chi connectivity index (χ1n) is 5.82. The van der Waals surface area contributed by atoms with E-state index in [0.29, 0.717) is 0 Å². The number of carboxylic acid groups (broad SMARTS) is 1. The monoisotopic (exact) mass is 301 g/mol. The molecule has 0 aliphatic carbocycles. The molecule has 2 unspecified atom stereocenters. The molecular formula is C10H14F3NO4S. The zero-order valence-electron chi connectivity index (χ0n) is 9.98.